The SMILES string of the molecule is CNC(c1cc(F)cc(F)c1)c1c(Br)cnn1C. The van der Waals surface area contributed by atoms with Gasteiger partial charge in [-0.05, 0) is 40.7 Å². The number of hydrogen-bond acceptors (Lipinski definition) is 2. The molecule has 96 valence electrons. The highest BCUT2D eigenvalue weighted by atomic mass is 79.9. The third-order valence-electron chi connectivity index (χ3n) is 2.72. The number of nitrogens with one attached hydrogen (secondary N) is 1. The zero-order chi connectivity index (χ0) is 13.3. The molecule has 1 aromatic heterocycles. The lowest BCUT2D eigenvalue weighted by Crippen LogP contribution is -2.21. The molecule has 2 rings (SSSR count). The first-order valence-electron chi connectivity index (χ1n) is 5.33. The summed E-state index contributed by atoms with van der Waals surface area (Å²) in [5.74, 6) is -1.19. The Hall–Kier alpha value is -1.27. The van der Waals surface area contributed by atoms with E-state index in [1.165, 1.54) is 12.1 Å². The molecule has 0 amide bonds. The Morgan fingerprint density at radius 3 is 2.33 bits per heavy atom. The highest BCUT2D eigenvalue weighted by Crippen LogP contribution is 2.28. The molecule has 0 bridgehead atoms. The zero-order valence-corrected chi connectivity index (χ0v) is 11.5. The molecule has 1 aromatic carbocycles. The molecule has 0 aliphatic rings. The molecule has 0 radical (unpaired) electrons. The molecule has 0 aliphatic carbocycles. The van der Waals surface area contributed by atoms with Crippen LogP contribution in [-0.2, 0) is 7.05 Å². The van der Waals surface area contributed by atoms with Crippen LogP contribution in [0.25, 0.3) is 0 Å². The minimum absolute atomic E-state index is 0.336. The normalized spacial score (nSPS) is 12.7. The topological polar surface area (TPSA) is 29.9 Å². The fourth-order valence-corrected chi connectivity index (χ4v) is 2.53. The van der Waals surface area contributed by atoms with Gasteiger partial charge in [-0.1, -0.05) is 0 Å². The van der Waals surface area contributed by atoms with Crippen molar-refractivity contribution in [3.05, 3.63) is 51.8 Å². The number of hydrogen-bond donors (Lipinski definition) is 1. The molecule has 18 heavy (non-hydrogen) atoms. The Balaban J connectivity index is 2.52. The predicted molar refractivity (Wildman–Crippen MR) is 68.2 cm³/mol. The van der Waals surface area contributed by atoms with E-state index < -0.39 is 11.6 Å². The van der Waals surface area contributed by atoms with E-state index in [1.54, 1.807) is 25.0 Å². The van der Waals surface area contributed by atoms with Crippen LogP contribution in [0.3, 0.4) is 0 Å². The van der Waals surface area contributed by atoms with Crippen molar-refractivity contribution in [1.82, 2.24) is 15.1 Å². The fourth-order valence-electron chi connectivity index (χ4n) is 1.95. The molecule has 0 saturated heterocycles. The lowest BCUT2D eigenvalue weighted by Gasteiger charge is -2.18. The number of benzene rings is 1. The summed E-state index contributed by atoms with van der Waals surface area (Å²) >= 11 is 3.38. The average Bonchev–Trinajstić information content (AvgIpc) is 2.61. The minimum atomic E-state index is -0.594. The molecule has 2 aromatic rings. The van der Waals surface area contributed by atoms with Crippen LogP contribution >= 0.6 is 15.9 Å². The second-order valence-electron chi connectivity index (χ2n) is 3.93. The molecule has 0 saturated carbocycles. The number of aromatic nitrogens is 2. The Morgan fingerprint density at radius 2 is 1.89 bits per heavy atom. The molecule has 1 N–H and O–H groups in total. The maximum Gasteiger partial charge on any atom is 0.126 e. The van der Waals surface area contributed by atoms with Crippen molar-refractivity contribution >= 4 is 15.9 Å². The summed E-state index contributed by atoms with van der Waals surface area (Å²) in [7, 11) is 3.51. The summed E-state index contributed by atoms with van der Waals surface area (Å²) < 4.78 is 29.0. The number of nitrogens with zero attached hydrogens (tertiary/aromatic N) is 2. The lowest BCUT2D eigenvalue weighted by molar-refractivity contribution is 0.560. The summed E-state index contributed by atoms with van der Waals surface area (Å²) in [6.07, 6.45) is 1.65. The first-order chi connectivity index (χ1) is 8.52. The van der Waals surface area contributed by atoms with Crippen molar-refractivity contribution < 1.29 is 8.78 Å². The Morgan fingerprint density at radius 1 is 1.28 bits per heavy atom. The third kappa shape index (κ3) is 2.44. The van der Waals surface area contributed by atoms with Crippen LogP contribution in [0.1, 0.15) is 17.3 Å². The van der Waals surface area contributed by atoms with Gasteiger partial charge in [0.25, 0.3) is 0 Å². The van der Waals surface area contributed by atoms with Gasteiger partial charge in [-0.2, -0.15) is 5.10 Å². The standard InChI is InChI=1S/C12H12BrF2N3/c1-16-11(12-10(13)6-17-18(12)2)7-3-8(14)5-9(15)4-7/h3-6,11,16H,1-2H3. The van der Waals surface area contributed by atoms with Crippen LogP contribution < -0.4 is 5.32 Å². The second-order valence-corrected chi connectivity index (χ2v) is 4.78. The molecular weight excluding hydrogens is 304 g/mol. The summed E-state index contributed by atoms with van der Waals surface area (Å²) in [6.45, 7) is 0. The van der Waals surface area contributed by atoms with Crippen LogP contribution in [-0.4, -0.2) is 16.8 Å². The largest absolute Gasteiger partial charge is 0.308 e. The molecule has 0 fully saturated rings. The van der Waals surface area contributed by atoms with Crippen molar-refractivity contribution in [1.29, 1.82) is 0 Å². The summed E-state index contributed by atoms with van der Waals surface area (Å²) in [5.41, 5.74) is 1.32. The summed E-state index contributed by atoms with van der Waals surface area (Å²) in [6, 6.07) is 3.14. The zero-order valence-electron chi connectivity index (χ0n) is 9.92. The quantitative estimate of drug-likeness (QED) is 0.944. The summed E-state index contributed by atoms with van der Waals surface area (Å²) in [4.78, 5) is 0. The van der Waals surface area contributed by atoms with Gasteiger partial charge in [0, 0.05) is 13.1 Å². The number of halogens is 3. The van der Waals surface area contributed by atoms with Gasteiger partial charge in [-0.15, -0.1) is 0 Å². The van der Waals surface area contributed by atoms with E-state index in [0.29, 0.717) is 5.56 Å². The maximum absolute atomic E-state index is 13.3. The molecule has 0 aliphatic heterocycles. The van der Waals surface area contributed by atoms with E-state index >= 15 is 0 Å². The van der Waals surface area contributed by atoms with Crippen LogP contribution in [0.2, 0.25) is 0 Å². The fraction of sp³-hybridized carbons (Fsp3) is 0.250. The van der Waals surface area contributed by atoms with Gasteiger partial charge >= 0.3 is 0 Å². The maximum atomic E-state index is 13.3. The van der Waals surface area contributed by atoms with Crippen molar-refractivity contribution in [2.45, 2.75) is 6.04 Å². The molecule has 3 nitrogen and oxygen atoms in total. The highest BCUT2D eigenvalue weighted by Gasteiger charge is 2.20. The molecule has 1 atom stereocenters. The van der Waals surface area contributed by atoms with Crippen LogP contribution in [0.4, 0.5) is 8.78 Å². The van der Waals surface area contributed by atoms with Crippen LogP contribution in [0.5, 0.6) is 0 Å². The Labute approximate surface area is 112 Å². The van der Waals surface area contributed by atoms with Crippen molar-refractivity contribution in [2.24, 2.45) is 7.05 Å². The van der Waals surface area contributed by atoms with Gasteiger partial charge in [-0.3, -0.25) is 4.68 Å². The van der Waals surface area contributed by atoms with Gasteiger partial charge in [0.2, 0.25) is 0 Å². The van der Waals surface area contributed by atoms with Gasteiger partial charge in [0.15, 0.2) is 0 Å². The van der Waals surface area contributed by atoms with Gasteiger partial charge in [0.05, 0.1) is 22.4 Å². The van der Waals surface area contributed by atoms with Gasteiger partial charge in [0.1, 0.15) is 11.6 Å². The average molecular weight is 316 g/mol. The summed E-state index contributed by atoms with van der Waals surface area (Å²) in [5, 5.41) is 7.13. The molecule has 1 unspecified atom stereocenters. The molecule has 6 heteroatoms. The Kier molecular flexibility index (Phi) is 3.77. The number of rotatable bonds is 3. The van der Waals surface area contributed by atoms with E-state index in [2.05, 4.69) is 26.3 Å². The van der Waals surface area contributed by atoms with Crippen molar-refractivity contribution in [3.63, 3.8) is 0 Å². The minimum Gasteiger partial charge on any atom is -0.308 e. The van der Waals surface area contributed by atoms with Crippen LogP contribution in [0.15, 0.2) is 28.9 Å². The third-order valence-corrected chi connectivity index (χ3v) is 3.33. The smallest absolute Gasteiger partial charge is 0.126 e. The monoisotopic (exact) mass is 315 g/mol. The Bertz CT molecular complexity index is 529. The van der Waals surface area contributed by atoms with E-state index in [0.717, 1.165) is 16.2 Å². The molecule has 1 heterocycles. The van der Waals surface area contributed by atoms with Gasteiger partial charge in [-0.25, -0.2) is 8.78 Å². The first kappa shape index (κ1) is 13.2. The second kappa shape index (κ2) is 5.16. The first-order valence-corrected chi connectivity index (χ1v) is 6.13. The lowest BCUT2D eigenvalue weighted by atomic mass is 10.0. The molecular formula is C12H12BrF2N3. The van der Waals surface area contributed by atoms with E-state index in [1.807, 2.05) is 0 Å². The van der Waals surface area contributed by atoms with Crippen molar-refractivity contribution in [3.8, 4) is 0 Å². The number of aryl methyl sites for hydroxylation is 1. The van der Waals surface area contributed by atoms with Gasteiger partial charge < -0.3 is 5.32 Å². The van der Waals surface area contributed by atoms with E-state index in [-0.39, 0.29) is 6.04 Å². The predicted octanol–water partition coefficient (Wildman–Crippen LogP) is 2.77. The van der Waals surface area contributed by atoms with Crippen LogP contribution in [0, 0.1) is 11.6 Å². The van der Waals surface area contributed by atoms with Crippen molar-refractivity contribution in [2.75, 3.05) is 7.05 Å². The molecule has 0 spiro atoms. The highest BCUT2D eigenvalue weighted by molar-refractivity contribution is 9.10. The van der Waals surface area contributed by atoms with E-state index in [9.17, 15) is 8.78 Å². The van der Waals surface area contributed by atoms with E-state index in [4.69, 9.17) is 0 Å².